The molecule has 0 amide bonds. The molecule has 6 heteroatoms. The number of nitrogens with two attached hydrogens (primary N) is 2. The lowest BCUT2D eigenvalue weighted by atomic mass is 10.2. The molecule has 0 aliphatic rings. The van der Waals surface area contributed by atoms with Crippen LogP contribution in [0, 0.1) is 0 Å². The average Bonchev–Trinajstić information content (AvgIpc) is 2.14. The first kappa shape index (κ1) is 12.1. The minimum Gasteiger partial charge on any atom is -0.398 e. The van der Waals surface area contributed by atoms with Gasteiger partial charge in [-0.15, -0.1) is 0 Å². The normalized spacial score (nSPS) is 10.9. The van der Waals surface area contributed by atoms with E-state index in [-0.39, 0.29) is 0 Å². The number of aliphatic imine (C=N–C) groups is 1. The van der Waals surface area contributed by atoms with Gasteiger partial charge in [0.1, 0.15) is 0 Å². The van der Waals surface area contributed by atoms with Crippen LogP contribution in [0.4, 0.5) is 5.69 Å². The van der Waals surface area contributed by atoms with Gasteiger partial charge in [0, 0.05) is 12.7 Å². The second-order valence-electron chi connectivity index (χ2n) is 3.01. The van der Waals surface area contributed by atoms with Crippen LogP contribution < -0.4 is 11.6 Å². The molecule has 0 spiro atoms. The summed E-state index contributed by atoms with van der Waals surface area (Å²) in [5.41, 5.74) is 7.14. The fraction of sp³-hybridized carbons (Fsp3) is 0.222. The third kappa shape index (κ3) is 3.27. The number of nitrogen functional groups attached to an aromatic ring is 1. The van der Waals surface area contributed by atoms with Crippen LogP contribution in [0.3, 0.4) is 0 Å². The second kappa shape index (κ2) is 5.21. The highest BCUT2D eigenvalue weighted by molar-refractivity contribution is 6.42. The number of nitrogens with zero attached hydrogens (tertiary/aromatic N) is 2. The molecule has 0 saturated heterocycles. The van der Waals surface area contributed by atoms with Crippen LogP contribution in [-0.4, -0.2) is 18.4 Å². The Kier molecular flexibility index (Phi) is 4.20. The maximum absolute atomic E-state index is 5.87. The summed E-state index contributed by atoms with van der Waals surface area (Å²) in [5, 5.41) is 2.31. The second-order valence-corrected chi connectivity index (χ2v) is 3.83. The van der Waals surface area contributed by atoms with Crippen molar-refractivity contribution < 1.29 is 0 Å². The Morgan fingerprint density at radius 1 is 1.40 bits per heavy atom. The molecule has 0 aliphatic heterocycles. The maximum atomic E-state index is 5.87. The molecule has 82 valence electrons. The van der Waals surface area contributed by atoms with Gasteiger partial charge in [0.15, 0.2) is 0 Å². The van der Waals surface area contributed by atoms with Gasteiger partial charge in [0.25, 0.3) is 0 Å². The van der Waals surface area contributed by atoms with Crippen molar-refractivity contribution in [2.75, 3.05) is 12.8 Å². The molecule has 0 heterocycles. The van der Waals surface area contributed by atoms with Crippen molar-refractivity contribution in [3.63, 3.8) is 0 Å². The molecule has 4 nitrogen and oxygen atoms in total. The van der Waals surface area contributed by atoms with E-state index in [1.54, 1.807) is 19.2 Å². The Morgan fingerprint density at radius 3 is 2.60 bits per heavy atom. The lowest BCUT2D eigenvalue weighted by Crippen LogP contribution is -2.29. The summed E-state index contributed by atoms with van der Waals surface area (Å²) >= 11 is 11.7. The molecule has 1 aromatic carbocycles. The molecular formula is C9H12Cl2N4. The van der Waals surface area contributed by atoms with Gasteiger partial charge in [-0.05, 0) is 17.7 Å². The fourth-order valence-corrected chi connectivity index (χ4v) is 1.48. The van der Waals surface area contributed by atoms with Crippen molar-refractivity contribution in [2.45, 2.75) is 6.54 Å². The van der Waals surface area contributed by atoms with Crippen LogP contribution in [-0.2, 0) is 6.54 Å². The predicted octanol–water partition coefficient (Wildman–Crippen LogP) is 1.91. The molecule has 1 rings (SSSR count). The Hall–Kier alpha value is -0.970. The van der Waals surface area contributed by atoms with Gasteiger partial charge in [0.05, 0.1) is 22.9 Å². The summed E-state index contributed by atoms with van der Waals surface area (Å²) in [7, 11) is 1.64. The molecular weight excluding hydrogens is 235 g/mol. The molecule has 0 bridgehead atoms. The van der Waals surface area contributed by atoms with E-state index in [1.807, 2.05) is 0 Å². The quantitative estimate of drug-likeness (QED) is 0.282. The number of halogens is 2. The Bertz CT molecular complexity index is 379. The van der Waals surface area contributed by atoms with E-state index in [0.717, 1.165) is 5.56 Å². The number of benzene rings is 1. The highest BCUT2D eigenvalue weighted by Gasteiger charge is 2.06. The summed E-state index contributed by atoms with van der Waals surface area (Å²) in [6.45, 7) is 0.431. The van der Waals surface area contributed by atoms with E-state index < -0.39 is 0 Å². The lowest BCUT2D eigenvalue weighted by molar-refractivity contribution is 0.448. The summed E-state index contributed by atoms with van der Waals surface area (Å²) in [6, 6.07) is 3.30. The lowest BCUT2D eigenvalue weighted by Gasteiger charge is -2.14. The van der Waals surface area contributed by atoms with Crippen molar-refractivity contribution in [1.29, 1.82) is 0 Å². The largest absolute Gasteiger partial charge is 0.398 e. The predicted molar refractivity (Wildman–Crippen MR) is 65.0 cm³/mol. The van der Waals surface area contributed by atoms with Crippen LogP contribution in [0.1, 0.15) is 5.56 Å². The van der Waals surface area contributed by atoms with Crippen LogP contribution >= 0.6 is 23.2 Å². The number of hydrogen-bond acceptors (Lipinski definition) is 3. The Morgan fingerprint density at radius 2 is 2.00 bits per heavy atom. The first-order valence-electron chi connectivity index (χ1n) is 4.21. The zero-order chi connectivity index (χ0) is 11.4. The first-order valence-corrected chi connectivity index (χ1v) is 4.97. The van der Waals surface area contributed by atoms with E-state index in [2.05, 4.69) is 4.99 Å². The van der Waals surface area contributed by atoms with Crippen molar-refractivity contribution >= 4 is 35.2 Å². The third-order valence-corrected chi connectivity index (χ3v) is 2.52. The fourth-order valence-electron chi connectivity index (χ4n) is 1.13. The van der Waals surface area contributed by atoms with E-state index >= 15 is 0 Å². The minimum absolute atomic E-state index is 0.431. The molecule has 0 fully saturated rings. The standard InChI is InChI=1S/C9H12Cl2N4/c1-14-5-15(13)4-6-2-7(10)8(11)3-9(6)12/h2-3,5H,4,12-13H2,1H3. The van der Waals surface area contributed by atoms with E-state index in [1.165, 1.54) is 11.3 Å². The summed E-state index contributed by atoms with van der Waals surface area (Å²) in [4.78, 5) is 3.78. The van der Waals surface area contributed by atoms with E-state index in [0.29, 0.717) is 22.3 Å². The summed E-state index contributed by atoms with van der Waals surface area (Å²) in [6.07, 6.45) is 1.50. The topological polar surface area (TPSA) is 67.6 Å². The average molecular weight is 247 g/mol. The van der Waals surface area contributed by atoms with Gasteiger partial charge in [-0.3, -0.25) is 10.0 Å². The minimum atomic E-state index is 0.431. The van der Waals surface area contributed by atoms with Crippen LogP contribution in [0.2, 0.25) is 10.0 Å². The molecule has 15 heavy (non-hydrogen) atoms. The molecule has 0 aromatic heterocycles. The van der Waals surface area contributed by atoms with Crippen molar-refractivity contribution in [3.8, 4) is 0 Å². The van der Waals surface area contributed by atoms with Gasteiger partial charge >= 0.3 is 0 Å². The summed E-state index contributed by atoms with van der Waals surface area (Å²) in [5.74, 6) is 5.63. The first-order chi connectivity index (χ1) is 7.04. The summed E-state index contributed by atoms with van der Waals surface area (Å²) < 4.78 is 0. The monoisotopic (exact) mass is 246 g/mol. The zero-order valence-electron chi connectivity index (χ0n) is 8.24. The highest BCUT2D eigenvalue weighted by Crippen LogP contribution is 2.27. The van der Waals surface area contributed by atoms with Crippen LogP contribution in [0.15, 0.2) is 17.1 Å². The Balaban J connectivity index is 2.90. The van der Waals surface area contributed by atoms with Gasteiger partial charge in [-0.2, -0.15) is 0 Å². The zero-order valence-corrected chi connectivity index (χ0v) is 9.76. The number of hydrogen-bond donors (Lipinski definition) is 2. The molecule has 0 aliphatic carbocycles. The molecule has 4 N–H and O–H groups in total. The van der Waals surface area contributed by atoms with Crippen molar-refractivity contribution in [3.05, 3.63) is 27.7 Å². The van der Waals surface area contributed by atoms with Crippen molar-refractivity contribution in [1.82, 2.24) is 5.01 Å². The number of rotatable bonds is 3. The molecule has 1 aromatic rings. The molecule has 0 saturated carbocycles. The molecule has 0 radical (unpaired) electrons. The van der Waals surface area contributed by atoms with Gasteiger partial charge in [-0.25, -0.2) is 5.84 Å². The smallest absolute Gasteiger partial charge is 0.0990 e. The van der Waals surface area contributed by atoms with Gasteiger partial charge in [-0.1, -0.05) is 23.2 Å². The van der Waals surface area contributed by atoms with Gasteiger partial charge in [0.2, 0.25) is 0 Å². The van der Waals surface area contributed by atoms with Crippen LogP contribution in [0.5, 0.6) is 0 Å². The van der Waals surface area contributed by atoms with Crippen LogP contribution in [0.25, 0.3) is 0 Å². The molecule has 0 atom stereocenters. The SMILES string of the molecule is CN=CN(N)Cc1cc(Cl)c(Cl)cc1N. The van der Waals surface area contributed by atoms with Crippen molar-refractivity contribution in [2.24, 2.45) is 10.8 Å². The maximum Gasteiger partial charge on any atom is 0.0990 e. The Labute approximate surface area is 98.4 Å². The highest BCUT2D eigenvalue weighted by atomic mass is 35.5. The van der Waals surface area contributed by atoms with E-state index in [4.69, 9.17) is 34.8 Å². The number of anilines is 1. The number of hydrazine groups is 1. The van der Waals surface area contributed by atoms with Gasteiger partial charge < -0.3 is 5.73 Å². The molecule has 0 unspecified atom stereocenters. The van der Waals surface area contributed by atoms with E-state index in [9.17, 15) is 0 Å². The third-order valence-electron chi connectivity index (χ3n) is 1.80.